The Morgan fingerprint density at radius 3 is 2.26 bits per heavy atom. The number of rotatable bonds is 2. The first-order chi connectivity index (χ1) is 18.6. The standard InChI is InChI=1S/C30H24N8.Ti/c1-5-17-18(6-2)26-34-25(17)32-23-15(3)16(4)24(31-23)33-27-19-11-7-8-12-20(19)29(36-27)38-30-22-14-10-9-13-21(22)28(35-26)37-30;/h5-14,18,21-22,28H,1-2H2,3-4H3;/q-2;+2. The minimum atomic E-state index is -0.377. The van der Waals surface area contributed by atoms with Gasteiger partial charge in [-0.2, -0.15) is 0 Å². The summed E-state index contributed by atoms with van der Waals surface area (Å²) in [7, 11) is 0. The fourth-order valence-electron chi connectivity index (χ4n) is 5.39. The van der Waals surface area contributed by atoms with Gasteiger partial charge in [0.15, 0.2) is 0 Å². The van der Waals surface area contributed by atoms with E-state index in [1.54, 1.807) is 6.08 Å². The first kappa shape index (κ1) is 25.3. The molecule has 0 spiro atoms. The largest absolute Gasteiger partial charge is 2.00 e. The van der Waals surface area contributed by atoms with Crippen LogP contribution in [-0.4, -0.2) is 29.5 Å². The van der Waals surface area contributed by atoms with Gasteiger partial charge in [0.1, 0.15) is 0 Å². The molecule has 1 aliphatic carbocycles. The molecule has 39 heavy (non-hydrogen) atoms. The van der Waals surface area contributed by atoms with Crippen molar-refractivity contribution in [1.29, 1.82) is 0 Å². The van der Waals surface area contributed by atoms with Crippen LogP contribution in [0.15, 0.2) is 126 Å². The number of hydrogen-bond acceptors (Lipinski definition) is 6. The maximum absolute atomic E-state index is 5.04. The first-order valence-corrected chi connectivity index (χ1v) is 12.6. The van der Waals surface area contributed by atoms with Crippen molar-refractivity contribution < 1.29 is 21.7 Å². The Morgan fingerprint density at radius 1 is 0.846 bits per heavy atom. The zero-order chi connectivity index (χ0) is 26.0. The molecule has 1 aromatic carbocycles. The van der Waals surface area contributed by atoms with E-state index in [9.17, 15) is 0 Å². The molecule has 0 saturated carbocycles. The molecular formula is C30H24N8Ti. The van der Waals surface area contributed by atoms with E-state index in [1.807, 2.05) is 56.3 Å². The summed E-state index contributed by atoms with van der Waals surface area (Å²) in [5, 5.41) is 6.67. The van der Waals surface area contributed by atoms with Crippen molar-refractivity contribution in [3.63, 3.8) is 0 Å². The molecule has 5 aliphatic rings. The van der Waals surface area contributed by atoms with E-state index < -0.39 is 0 Å². The average Bonchev–Trinajstić information content (AvgIpc) is 3.64. The van der Waals surface area contributed by atoms with Crippen LogP contribution < -0.4 is 16.0 Å². The fourth-order valence-corrected chi connectivity index (χ4v) is 5.39. The third-order valence-electron chi connectivity index (χ3n) is 7.61. The smallest absolute Gasteiger partial charge is 0.372 e. The molecule has 8 nitrogen and oxygen atoms in total. The molecule has 4 atom stereocenters. The molecule has 0 radical (unpaired) electrons. The second-order valence-corrected chi connectivity index (χ2v) is 9.72. The molecule has 4 aliphatic heterocycles. The Labute approximate surface area is 240 Å². The van der Waals surface area contributed by atoms with Gasteiger partial charge in [-0.1, -0.05) is 67.3 Å². The topological polar surface area (TPSA) is 102 Å². The van der Waals surface area contributed by atoms with Gasteiger partial charge in [-0.25, -0.2) is 4.99 Å². The predicted octanol–water partition coefficient (Wildman–Crippen LogP) is 4.28. The normalized spacial score (nSPS) is 29.2. The fraction of sp³-hybridized carbons (Fsp3) is 0.200. The molecular weight excluding hydrogens is 520 g/mol. The Bertz CT molecular complexity index is 1820. The second kappa shape index (κ2) is 9.63. The zero-order valence-corrected chi connectivity index (χ0v) is 23.1. The van der Waals surface area contributed by atoms with Crippen molar-refractivity contribution in [3.05, 3.63) is 113 Å². The van der Waals surface area contributed by atoms with E-state index in [0.29, 0.717) is 40.1 Å². The van der Waals surface area contributed by atoms with Crippen LogP contribution in [-0.2, 0) is 21.7 Å². The van der Waals surface area contributed by atoms with E-state index in [2.05, 4.69) is 25.3 Å². The predicted molar refractivity (Wildman–Crippen MR) is 151 cm³/mol. The molecule has 5 heterocycles. The maximum Gasteiger partial charge on any atom is 2.00 e. The average molecular weight is 544 g/mol. The third kappa shape index (κ3) is 3.94. The van der Waals surface area contributed by atoms with Crippen LogP contribution in [0.25, 0.3) is 16.1 Å². The van der Waals surface area contributed by atoms with Crippen LogP contribution in [0.1, 0.15) is 13.8 Å². The summed E-state index contributed by atoms with van der Waals surface area (Å²) in [5.41, 5.74) is 3.90. The number of aliphatic imine (C=N–C) groups is 4. The summed E-state index contributed by atoms with van der Waals surface area (Å²) < 4.78 is 0. The van der Waals surface area contributed by atoms with Crippen LogP contribution in [0.5, 0.6) is 0 Å². The van der Waals surface area contributed by atoms with Gasteiger partial charge in [-0.05, 0) is 47.2 Å². The molecule has 4 unspecified atom stereocenters. The van der Waals surface area contributed by atoms with Crippen molar-refractivity contribution in [3.8, 4) is 0 Å². The van der Waals surface area contributed by atoms with E-state index in [4.69, 9.17) is 40.3 Å². The Balaban J connectivity index is 0.00000277. The second-order valence-electron chi connectivity index (χ2n) is 9.72. The van der Waals surface area contributed by atoms with Gasteiger partial charge < -0.3 is 30.3 Å². The van der Waals surface area contributed by atoms with Crippen LogP contribution in [0.4, 0.5) is 0 Å². The van der Waals surface area contributed by atoms with E-state index >= 15 is 0 Å². The molecule has 9 heteroatoms. The number of amidine groups is 4. The maximum atomic E-state index is 5.04. The molecule has 188 valence electrons. The molecule has 7 rings (SSSR count). The Kier molecular flexibility index (Phi) is 6.24. The minimum Gasteiger partial charge on any atom is -0.372 e. The molecule has 0 saturated heterocycles. The van der Waals surface area contributed by atoms with Gasteiger partial charge in [0.2, 0.25) is 0 Å². The molecule has 0 amide bonds. The van der Waals surface area contributed by atoms with Crippen LogP contribution in [0.3, 0.4) is 0 Å². The van der Waals surface area contributed by atoms with Crippen molar-refractivity contribution in [2.45, 2.75) is 20.0 Å². The van der Waals surface area contributed by atoms with Gasteiger partial charge in [-0.15, -0.1) is 6.58 Å². The molecule has 1 aromatic heterocycles. The number of aromatic nitrogens is 1. The van der Waals surface area contributed by atoms with Crippen molar-refractivity contribution in [1.82, 2.24) is 4.98 Å². The number of allylic oxidation sites excluding steroid dienone is 3. The van der Waals surface area contributed by atoms with E-state index in [0.717, 1.165) is 27.5 Å². The van der Waals surface area contributed by atoms with Gasteiger partial charge in [0.05, 0.1) is 23.7 Å². The monoisotopic (exact) mass is 544 g/mol. The van der Waals surface area contributed by atoms with Crippen molar-refractivity contribution >= 4 is 34.1 Å². The number of hydrogen-bond donors (Lipinski definition) is 0. The number of fused-ring (bicyclic) bond motifs is 12. The summed E-state index contributed by atoms with van der Waals surface area (Å²) in [6.07, 6.45) is 11.6. The molecule has 0 fully saturated rings. The van der Waals surface area contributed by atoms with Crippen molar-refractivity contribution in [2.75, 3.05) is 0 Å². The van der Waals surface area contributed by atoms with Gasteiger partial charge in [0.25, 0.3) is 0 Å². The quantitative estimate of drug-likeness (QED) is 0.409. The van der Waals surface area contributed by atoms with Gasteiger partial charge >= 0.3 is 21.7 Å². The summed E-state index contributed by atoms with van der Waals surface area (Å²) in [5.74, 6) is 2.78. The zero-order valence-electron chi connectivity index (χ0n) is 21.6. The number of benzene rings is 1. The van der Waals surface area contributed by atoms with E-state index in [-0.39, 0.29) is 45.6 Å². The summed E-state index contributed by atoms with van der Waals surface area (Å²) in [6.45, 7) is 12.1. The van der Waals surface area contributed by atoms with Gasteiger partial charge in [-0.3, -0.25) is 4.99 Å². The molecule has 2 aromatic rings. The van der Waals surface area contributed by atoms with Crippen LogP contribution >= 0.6 is 0 Å². The Hall–Kier alpha value is -4.01. The van der Waals surface area contributed by atoms with Crippen LogP contribution in [0.2, 0.25) is 0 Å². The summed E-state index contributed by atoms with van der Waals surface area (Å²) >= 11 is 0. The molecule has 0 N–H and O–H groups in total. The SMILES string of the molecule is C=CC1=C2/N=C3\N=C(N=c4[n-]c(c5ccccc45)=NC4=NC(/N=C(\[N-]2)C1C=C)C1C=CC=CC41)C(C)=C3C.[Ti+2]. The minimum absolute atomic E-state index is 0. The first-order valence-electron chi connectivity index (χ1n) is 12.6. The number of nitrogens with zero attached hydrogens (tertiary/aromatic N) is 8. The third-order valence-corrected chi connectivity index (χ3v) is 7.61. The summed E-state index contributed by atoms with van der Waals surface area (Å²) in [4.78, 5) is 34.4. The van der Waals surface area contributed by atoms with Gasteiger partial charge in [0, 0.05) is 34.6 Å². The summed E-state index contributed by atoms with van der Waals surface area (Å²) in [6, 6.07) is 7.99. The van der Waals surface area contributed by atoms with Crippen LogP contribution in [0, 0.1) is 17.8 Å². The molecule has 8 bridgehead atoms. The van der Waals surface area contributed by atoms with Crippen molar-refractivity contribution in [2.24, 2.45) is 47.7 Å². The van der Waals surface area contributed by atoms with E-state index in [1.165, 1.54) is 0 Å². The Morgan fingerprint density at radius 2 is 1.54 bits per heavy atom.